The van der Waals surface area contributed by atoms with Crippen LogP contribution in [0, 0.1) is 0 Å². The zero-order valence-corrected chi connectivity index (χ0v) is 21.7. The highest BCUT2D eigenvalue weighted by molar-refractivity contribution is 8.03. The van der Waals surface area contributed by atoms with E-state index in [1.54, 1.807) is 31.0 Å². The number of aliphatic hydroxyl groups excluding tert-OH is 2. The molecule has 0 radical (unpaired) electrons. The molecular formula is C27H31ClN2O5S. The van der Waals surface area contributed by atoms with Gasteiger partial charge in [-0.3, -0.25) is 9.59 Å². The molecule has 0 spiro atoms. The summed E-state index contributed by atoms with van der Waals surface area (Å²) >= 11 is 7.77. The van der Waals surface area contributed by atoms with E-state index < -0.39 is 24.0 Å². The topological polar surface area (TPSA) is 99.1 Å². The lowest BCUT2D eigenvalue weighted by atomic mass is 10.0. The number of benzene rings is 2. The molecule has 2 amide bonds. The SMILES string of the molecule is COc1ccccc1CC1=CCC(CNC(=O)[C@H](O)[C@@H](O)C(=O)N2CCC[C@@H]2c2cccc(Cl)c2)S1. The number of rotatable bonds is 9. The van der Waals surface area contributed by atoms with Crippen molar-refractivity contribution in [3.05, 3.63) is 75.7 Å². The van der Waals surface area contributed by atoms with Gasteiger partial charge in [-0.05, 0) is 53.5 Å². The summed E-state index contributed by atoms with van der Waals surface area (Å²) in [6.07, 6.45) is 1.49. The van der Waals surface area contributed by atoms with Crippen LogP contribution in [0.25, 0.3) is 0 Å². The smallest absolute Gasteiger partial charge is 0.255 e. The van der Waals surface area contributed by atoms with Crippen LogP contribution in [0.4, 0.5) is 0 Å². The predicted octanol–water partition coefficient (Wildman–Crippen LogP) is 3.48. The molecule has 4 rings (SSSR count). The number of carbonyl (C=O) groups excluding carboxylic acids is 2. The van der Waals surface area contributed by atoms with Crippen LogP contribution in [0.5, 0.6) is 5.75 Å². The highest BCUT2D eigenvalue weighted by atomic mass is 35.5. The lowest BCUT2D eigenvalue weighted by Crippen LogP contribution is -2.51. The van der Waals surface area contributed by atoms with Crippen molar-refractivity contribution < 1.29 is 24.5 Å². The number of methoxy groups -OCH3 is 1. The highest BCUT2D eigenvalue weighted by Gasteiger charge is 2.38. The molecule has 2 aliphatic heterocycles. The number of amides is 2. The molecule has 2 aromatic rings. The quantitative estimate of drug-likeness (QED) is 0.459. The third-order valence-corrected chi connectivity index (χ3v) is 8.12. The molecule has 0 aromatic heterocycles. The second-order valence-corrected chi connectivity index (χ2v) is 10.9. The van der Waals surface area contributed by atoms with Gasteiger partial charge in [0.25, 0.3) is 11.8 Å². The van der Waals surface area contributed by atoms with Crippen molar-refractivity contribution in [2.24, 2.45) is 0 Å². The van der Waals surface area contributed by atoms with E-state index in [0.29, 0.717) is 18.1 Å². The molecule has 0 saturated carbocycles. The Kier molecular flexibility index (Phi) is 8.95. The van der Waals surface area contributed by atoms with Crippen LogP contribution in [0.1, 0.15) is 36.4 Å². The second-order valence-electron chi connectivity index (χ2n) is 9.01. The Hall–Kier alpha value is -2.52. The maximum atomic E-state index is 13.0. The maximum absolute atomic E-state index is 13.0. The van der Waals surface area contributed by atoms with Crippen molar-refractivity contribution in [1.29, 1.82) is 0 Å². The van der Waals surface area contributed by atoms with Crippen molar-refractivity contribution in [3.8, 4) is 5.75 Å². The summed E-state index contributed by atoms with van der Waals surface area (Å²) in [5.41, 5.74) is 1.97. The van der Waals surface area contributed by atoms with Crippen LogP contribution in [0.15, 0.2) is 59.5 Å². The van der Waals surface area contributed by atoms with E-state index in [9.17, 15) is 19.8 Å². The first-order valence-corrected chi connectivity index (χ1v) is 13.3. The fraction of sp³-hybridized carbons (Fsp3) is 0.407. The minimum absolute atomic E-state index is 0.115. The predicted molar refractivity (Wildman–Crippen MR) is 141 cm³/mol. The lowest BCUT2D eigenvalue weighted by molar-refractivity contribution is -0.153. The van der Waals surface area contributed by atoms with E-state index in [-0.39, 0.29) is 11.3 Å². The van der Waals surface area contributed by atoms with Crippen molar-refractivity contribution in [3.63, 3.8) is 0 Å². The van der Waals surface area contributed by atoms with Gasteiger partial charge in [0.05, 0.1) is 13.2 Å². The van der Waals surface area contributed by atoms with Crippen LogP contribution in [-0.4, -0.2) is 64.6 Å². The Balaban J connectivity index is 1.27. The number of para-hydroxylation sites is 1. The number of halogens is 1. The maximum Gasteiger partial charge on any atom is 0.255 e. The summed E-state index contributed by atoms with van der Waals surface area (Å²) in [5.74, 6) is -0.572. The van der Waals surface area contributed by atoms with Gasteiger partial charge in [0.2, 0.25) is 0 Å². The number of nitrogens with one attached hydrogen (secondary N) is 1. The number of ether oxygens (including phenoxy) is 1. The van der Waals surface area contributed by atoms with Crippen LogP contribution >= 0.6 is 23.4 Å². The van der Waals surface area contributed by atoms with Gasteiger partial charge in [0.15, 0.2) is 12.2 Å². The molecular weight excluding hydrogens is 500 g/mol. The van der Waals surface area contributed by atoms with Crippen LogP contribution in [0.3, 0.4) is 0 Å². The normalized spacial score (nSPS) is 21.1. The van der Waals surface area contributed by atoms with Crippen LogP contribution in [-0.2, 0) is 16.0 Å². The zero-order chi connectivity index (χ0) is 25.7. The number of thioether (sulfide) groups is 1. The molecule has 2 aliphatic rings. The number of hydrogen-bond acceptors (Lipinski definition) is 6. The Morgan fingerprint density at radius 2 is 2.00 bits per heavy atom. The van der Waals surface area contributed by atoms with Gasteiger partial charge in [0, 0.05) is 29.8 Å². The van der Waals surface area contributed by atoms with Crippen LogP contribution in [0.2, 0.25) is 5.02 Å². The third-order valence-electron chi connectivity index (χ3n) is 6.58. The minimum Gasteiger partial charge on any atom is -0.496 e. The first-order chi connectivity index (χ1) is 17.4. The van der Waals surface area contributed by atoms with Gasteiger partial charge < -0.3 is 25.2 Å². The molecule has 3 N–H and O–H groups in total. The summed E-state index contributed by atoms with van der Waals surface area (Å²) in [6, 6.07) is 14.9. The summed E-state index contributed by atoms with van der Waals surface area (Å²) in [7, 11) is 1.65. The second kappa shape index (κ2) is 12.1. The summed E-state index contributed by atoms with van der Waals surface area (Å²) in [6.45, 7) is 0.767. The first kappa shape index (κ1) is 26.5. The molecule has 36 heavy (non-hydrogen) atoms. The Labute approximate surface area is 220 Å². The molecule has 0 bridgehead atoms. The number of carbonyl (C=O) groups is 2. The lowest BCUT2D eigenvalue weighted by Gasteiger charge is -2.28. The Morgan fingerprint density at radius 1 is 1.19 bits per heavy atom. The van der Waals surface area contributed by atoms with Crippen molar-refractivity contribution in [2.75, 3.05) is 20.2 Å². The van der Waals surface area contributed by atoms with E-state index in [1.165, 1.54) is 9.81 Å². The number of hydrogen-bond donors (Lipinski definition) is 3. The molecule has 1 unspecified atom stereocenters. The molecule has 7 nitrogen and oxygen atoms in total. The van der Waals surface area contributed by atoms with Gasteiger partial charge in [-0.25, -0.2) is 0 Å². The zero-order valence-electron chi connectivity index (χ0n) is 20.1. The van der Waals surface area contributed by atoms with Crippen molar-refractivity contribution in [2.45, 2.75) is 49.2 Å². The number of aliphatic hydroxyl groups is 2. The van der Waals surface area contributed by atoms with Gasteiger partial charge in [-0.15, -0.1) is 11.8 Å². The first-order valence-electron chi connectivity index (χ1n) is 12.0. The Morgan fingerprint density at radius 3 is 2.78 bits per heavy atom. The van der Waals surface area contributed by atoms with Crippen LogP contribution < -0.4 is 10.1 Å². The summed E-state index contributed by atoms with van der Waals surface area (Å²) < 4.78 is 5.42. The van der Waals surface area contributed by atoms with E-state index in [4.69, 9.17) is 16.3 Å². The molecule has 4 atom stereocenters. The molecule has 1 saturated heterocycles. The average Bonchev–Trinajstić information content (AvgIpc) is 3.56. The van der Waals surface area contributed by atoms with Crippen molar-refractivity contribution >= 4 is 35.2 Å². The van der Waals surface area contributed by atoms with Crippen molar-refractivity contribution in [1.82, 2.24) is 10.2 Å². The summed E-state index contributed by atoms with van der Waals surface area (Å²) in [5, 5.41) is 24.3. The Bertz CT molecular complexity index is 1130. The number of nitrogens with zero attached hydrogens (tertiary/aromatic N) is 1. The monoisotopic (exact) mass is 530 g/mol. The molecule has 1 fully saturated rings. The highest BCUT2D eigenvalue weighted by Crippen LogP contribution is 2.36. The van der Waals surface area contributed by atoms with Gasteiger partial charge in [-0.1, -0.05) is 48.0 Å². The molecule has 192 valence electrons. The number of likely N-dealkylation sites (tertiary alicyclic amines) is 1. The molecule has 2 heterocycles. The standard InChI is InChI=1S/C27H31ClN2O5S/c1-35-23-10-3-2-6-18(23)15-20-11-12-21(36-20)16-29-26(33)24(31)25(32)27(34)30-13-5-9-22(30)17-7-4-8-19(28)14-17/h2-4,6-8,10-11,14,21-22,24-25,31-32H,5,9,12-13,15-16H2,1H3,(H,29,33)/t21?,22-,24-,25-/m1/s1. The fourth-order valence-electron chi connectivity index (χ4n) is 4.71. The molecule has 9 heteroatoms. The van der Waals surface area contributed by atoms with E-state index in [0.717, 1.165) is 42.6 Å². The summed E-state index contributed by atoms with van der Waals surface area (Å²) in [4.78, 5) is 28.2. The van der Waals surface area contributed by atoms with Gasteiger partial charge in [-0.2, -0.15) is 0 Å². The van der Waals surface area contributed by atoms with E-state index in [1.807, 2.05) is 36.4 Å². The van der Waals surface area contributed by atoms with E-state index >= 15 is 0 Å². The third kappa shape index (κ3) is 6.24. The average molecular weight is 531 g/mol. The fourth-order valence-corrected chi connectivity index (χ4v) is 6.12. The van der Waals surface area contributed by atoms with Gasteiger partial charge in [0.1, 0.15) is 5.75 Å². The van der Waals surface area contributed by atoms with E-state index in [2.05, 4.69) is 11.4 Å². The number of allylic oxidation sites excluding steroid dienone is 2. The largest absolute Gasteiger partial charge is 0.496 e. The molecule has 2 aromatic carbocycles. The molecule has 0 aliphatic carbocycles. The van der Waals surface area contributed by atoms with Gasteiger partial charge >= 0.3 is 0 Å². The minimum atomic E-state index is -1.84.